The van der Waals surface area contributed by atoms with E-state index in [0.29, 0.717) is 18.1 Å². The van der Waals surface area contributed by atoms with Crippen LogP contribution in [0.3, 0.4) is 0 Å². The van der Waals surface area contributed by atoms with Crippen molar-refractivity contribution in [2.45, 2.75) is 6.54 Å². The fourth-order valence-corrected chi connectivity index (χ4v) is 4.08. The van der Waals surface area contributed by atoms with E-state index in [1.54, 1.807) is 6.07 Å². The van der Waals surface area contributed by atoms with Gasteiger partial charge in [0.1, 0.15) is 5.69 Å². The molecule has 2 heterocycles. The summed E-state index contributed by atoms with van der Waals surface area (Å²) in [6.45, 7) is 0.672. The van der Waals surface area contributed by atoms with Gasteiger partial charge in [0, 0.05) is 22.8 Å². The third-order valence-corrected chi connectivity index (χ3v) is 5.84. The van der Waals surface area contributed by atoms with Crippen molar-refractivity contribution in [3.8, 4) is 16.9 Å². The number of anilines is 2. The van der Waals surface area contributed by atoms with Crippen LogP contribution in [-0.2, 0) is 6.54 Å². The number of fused-ring (bicyclic) bond motifs is 1. The minimum absolute atomic E-state index is 0.120. The van der Waals surface area contributed by atoms with Crippen molar-refractivity contribution in [3.05, 3.63) is 105 Å². The highest BCUT2D eigenvalue weighted by molar-refractivity contribution is 6.01. The van der Waals surface area contributed by atoms with Crippen LogP contribution in [0.1, 0.15) is 11.1 Å². The number of aromatic hydroxyl groups is 1. The molecule has 0 radical (unpaired) electrons. The Morgan fingerprint density at radius 2 is 1.74 bits per heavy atom. The van der Waals surface area contributed by atoms with Crippen LogP contribution in [0.2, 0.25) is 0 Å². The molecule has 0 aliphatic carbocycles. The van der Waals surface area contributed by atoms with E-state index in [1.165, 1.54) is 0 Å². The van der Waals surface area contributed by atoms with E-state index in [0.717, 1.165) is 33.2 Å². The summed E-state index contributed by atoms with van der Waals surface area (Å²) in [6, 6.07) is 21.7. The van der Waals surface area contributed by atoms with Crippen LogP contribution < -0.4 is 32.7 Å². The summed E-state index contributed by atoms with van der Waals surface area (Å²) in [7, 11) is 0. The maximum absolute atomic E-state index is 11.9. The summed E-state index contributed by atoms with van der Waals surface area (Å²) in [5.41, 5.74) is 11.4. The lowest BCUT2D eigenvalue weighted by molar-refractivity contribution is 0.466. The van der Waals surface area contributed by atoms with Gasteiger partial charge in [0.25, 0.3) is 10.9 Å². The zero-order valence-corrected chi connectivity index (χ0v) is 18.2. The van der Waals surface area contributed by atoms with E-state index in [2.05, 4.69) is 39.0 Å². The minimum atomic E-state index is -0.893. The normalized spacial score (nSPS) is 13.0. The number of hydrogen-bond donors (Lipinski definition) is 5. The number of rotatable bonds is 6. The molecule has 0 amide bonds. The molecule has 1 aliphatic rings. The van der Waals surface area contributed by atoms with E-state index in [4.69, 9.17) is 5.10 Å². The first-order valence-corrected chi connectivity index (χ1v) is 10.9. The van der Waals surface area contributed by atoms with Gasteiger partial charge < -0.3 is 10.4 Å². The Morgan fingerprint density at radius 3 is 2.51 bits per heavy atom. The van der Waals surface area contributed by atoms with Gasteiger partial charge in [0.2, 0.25) is 0 Å². The van der Waals surface area contributed by atoms with Crippen molar-refractivity contribution >= 4 is 28.1 Å². The Bertz CT molecular complexity index is 1680. The van der Waals surface area contributed by atoms with Crippen LogP contribution in [-0.4, -0.2) is 20.7 Å². The van der Waals surface area contributed by atoms with Crippen LogP contribution in [0.25, 0.3) is 22.0 Å². The van der Waals surface area contributed by atoms with Crippen LogP contribution in [0.4, 0.5) is 11.4 Å². The van der Waals surface area contributed by atoms with Gasteiger partial charge >= 0.3 is 0 Å². The Morgan fingerprint density at radius 1 is 0.914 bits per heavy atom. The third-order valence-electron chi connectivity index (χ3n) is 5.84. The second kappa shape index (κ2) is 8.12. The number of amidine groups is 1. The Balaban J connectivity index is 1.38. The topological polar surface area (TPSA) is 133 Å². The molecule has 0 atom stereocenters. The standard InChI is InChI=1S/C25H19N7O3/c33-22-21(23(34)24(22)35)26-19-9-17(8-18(10-19)25-27-30-31-28-25)15-6-7-16-13-32(29-20(16)11-15)12-14-4-2-1-3-5-14/h1-11,13,26,30-31,33H,12H2,(H,27,28). The maximum Gasteiger partial charge on any atom is 0.271 e. The number of hydrazine groups is 2. The number of hydrazone groups is 1. The molecule has 1 aliphatic heterocycles. The van der Waals surface area contributed by atoms with Gasteiger partial charge in [-0.15, -0.1) is 10.6 Å². The van der Waals surface area contributed by atoms with Gasteiger partial charge in [-0.1, -0.05) is 42.5 Å². The van der Waals surface area contributed by atoms with Crippen molar-refractivity contribution in [3.63, 3.8) is 0 Å². The smallest absolute Gasteiger partial charge is 0.271 e. The second-order valence-electron chi connectivity index (χ2n) is 8.21. The second-order valence-corrected chi connectivity index (χ2v) is 8.21. The lowest BCUT2D eigenvalue weighted by Gasteiger charge is -2.13. The first-order chi connectivity index (χ1) is 17.0. The first-order valence-electron chi connectivity index (χ1n) is 10.9. The monoisotopic (exact) mass is 465 g/mol. The van der Waals surface area contributed by atoms with E-state index in [9.17, 15) is 14.7 Å². The number of nitrogens with zero attached hydrogens (tertiary/aromatic N) is 3. The van der Waals surface area contributed by atoms with Crippen molar-refractivity contribution < 1.29 is 5.11 Å². The zero-order chi connectivity index (χ0) is 23.9. The zero-order valence-electron chi connectivity index (χ0n) is 18.2. The number of hydrogen-bond acceptors (Lipinski definition) is 9. The number of nitrogens with one attached hydrogen (secondary N) is 4. The fraction of sp³-hybridized carbons (Fsp3) is 0.0400. The highest BCUT2D eigenvalue weighted by Crippen LogP contribution is 2.30. The van der Waals surface area contributed by atoms with Crippen LogP contribution >= 0.6 is 0 Å². The molecule has 10 heteroatoms. The van der Waals surface area contributed by atoms with Crippen molar-refractivity contribution in [1.29, 1.82) is 0 Å². The fourth-order valence-electron chi connectivity index (χ4n) is 4.08. The Kier molecular flexibility index (Phi) is 4.78. The first kappa shape index (κ1) is 20.6. The Hall–Kier alpha value is -4.96. The average molecular weight is 465 g/mol. The van der Waals surface area contributed by atoms with E-state index in [1.807, 2.05) is 59.4 Å². The molecule has 0 saturated carbocycles. The summed E-state index contributed by atoms with van der Waals surface area (Å²) in [5.74, 6) is -0.0238. The molecule has 6 rings (SSSR count). The predicted molar refractivity (Wildman–Crippen MR) is 133 cm³/mol. The van der Waals surface area contributed by atoms with E-state index >= 15 is 0 Å². The van der Waals surface area contributed by atoms with Gasteiger partial charge in [-0.2, -0.15) is 5.10 Å². The molecule has 35 heavy (non-hydrogen) atoms. The summed E-state index contributed by atoms with van der Waals surface area (Å²) >= 11 is 0. The van der Waals surface area contributed by atoms with Gasteiger partial charge in [-0.25, -0.2) is 5.53 Å². The van der Waals surface area contributed by atoms with Gasteiger partial charge in [0.15, 0.2) is 11.6 Å². The van der Waals surface area contributed by atoms with Crippen LogP contribution in [0, 0.1) is 0 Å². The summed E-state index contributed by atoms with van der Waals surface area (Å²) in [5, 5.41) is 22.6. The largest absolute Gasteiger partial charge is 0.502 e. The van der Waals surface area contributed by atoms with Crippen LogP contribution in [0.15, 0.2) is 87.6 Å². The molecule has 172 valence electrons. The molecule has 0 spiro atoms. The molecule has 4 aromatic carbocycles. The highest BCUT2D eigenvalue weighted by atomic mass is 16.3. The molecular weight excluding hydrogens is 446 g/mol. The predicted octanol–water partition coefficient (Wildman–Crippen LogP) is 2.07. The van der Waals surface area contributed by atoms with E-state index < -0.39 is 16.6 Å². The molecule has 5 N–H and O–H groups in total. The average Bonchev–Trinajstić information content (AvgIpc) is 3.56. The molecule has 0 saturated heterocycles. The Labute approximate surface area is 198 Å². The molecule has 0 unspecified atom stereocenters. The summed E-state index contributed by atoms with van der Waals surface area (Å²) < 4.78 is 1.91. The minimum Gasteiger partial charge on any atom is -0.502 e. The van der Waals surface area contributed by atoms with Crippen molar-refractivity contribution in [1.82, 2.24) is 26.3 Å². The molecule has 0 fully saturated rings. The maximum atomic E-state index is 11.9. The molecule has 0 bridgehead atoms. The van der Waals surface area contributed by atoms with E-state index in [-0.39, 0.29) is 5.69 Å². The summed E-state index contributed by atoms with van der Waals surface area (Å²) in [6.07, 6.45) is 2.01. The lowest BCUT2D eigenvalue weighted by atomic mass is 10.00. The molecule has 5 aromatic rings. The lowest BCUT2D eigenvalue weighted by Crippen LogP contribution is -2.35. The number of aromatic nitrogens is 2. The highest BCUT2D eigenvalue weighted by Gasteiger charge is 2.21. The van der Waals surface area contributed by atoms with Crippen molar-refractivity contribution in [2.24, 2.45) is 5.10 Å². The molecule has 10 nitrogen and oxygen atoms in total. The third kappa shape index (κ3) is 3.77. The number of benzene rings is 3. The van der Waals surface area contributed by atoms with Gasteiger partial charge in [-0.3, -0.25) is 19.7 Å². The van der Waals surface area contributed by atoms with Gasteiger partial charge in [0.05, 0.1) is 12.1 Å². The molecule has 1 aromatic heterocycles. The summed E-state index contributed by atoms with van der Waals surface area (Å²) in [4.78, 5) is 23.3. The SMILES string of the molecule is O=c1c(O)c(Nc2cc(C3=NNNN3)cc(-c3ccc4cn(Cc5ccccc5)nc4c3)c2)c1=O. The molecular formula is C25H19N7O3. The van der Waals surface area contributed by atoms with Crippen LogP contribution in [0.5, 0.6) is 5.75 Å². The van der Waals surface area contributed by atoms with Gasteiger partial charge in [-0.05, 0) is 41.0 Å². The van der Waals surface area contributed by atoms with Crippen molar-refractivity contribution in [2.75, 3.05) is 5.32 Å². The quantitative estimate of drug-likeness (QED) is 0.241.